The van der Waals surface area contributed by atoms with Crippen LogP contribution in [0.25, 0.3) is 11.3 Å². The molecule has 0 saturated heterocycles. The van der Waals surface area contributed by atoms with Crippen molar-refractivity contribution in [1.29, 1.82) is 0 Å². The number of carbonyl (C=O) groups is 2. The molecule has 1 aliphatic rings. The minimum Gasteiger partial charge on any atom is -0.382 e. The molecule has 178 valence electrons. The Bertz CT molecular complexity index is 1260. The number of urea groups is 1. The highest BCUT2D eigenvalue weighted by atomic mass is 32.1. The van der Waals surface area contributed by atoms with Crippen LogP contribution >= 0.6 is 11.3 Å². The standard InChI is InChI=1S/C23H22F3N5O2S/c1-12-9-10-27-18-8-7-17(15-5-4-6-16(11-15)23(24,25)26)29-20(18)31(12)22(33)30-21-28-13(2)19(34-21)14(3)32/h4-8,11-12,27H,9-10H2,1-3H3,(H,28,30,33)/t12-/m1/s1. The Hall–Kier alpha value is -3.47. The Morgan fingerprint density at radius 3 is 2.65 bits per heavy atom. The molecule has 11 heteroatoms. The summed E-state index contributed by atoms with van der Waals surface area (Å²) < 4.78 is 39.6. The molecule has 2 aromatic heterocycles. The fourth-order valence-electron chi connectivity index (χ4n) is 3.76. The molecule has 2 amide bonds. The van der Waals surface area contributed by atoms with E-state index in [1.165, 1.54) is 17.9 Å². The Morgan fingerprint density at radius 2 is 1.97 bits per heavy atom. The zero-order valence-corrected chi connectivity index (χ0v) is 19.5. The van der Waals surface area contributed by atoms with Gasteiger partial charge in [0, 0.05) is 25.1 Å². The quantitative estimate of drug-likeness (QED) is 0.442. The van der Waals surface area contributed by atoms with Crippen LogP contribution < -0.4 is 15.5 Å². The van der Waals surface area contributed by atoms with Gasteiger partial charge in [0.25, 0.3) is 0 Å². The van der Waals surface area contributed by atoms with Gasteiger partial charge in [0.15, 0.2) is 16.7 Å². The maximum atomic E-state index is 13.3. The number of Topliss-reactive ketones (excluding diaryl/α,β-unsaturated/α-hetero) is 1. The molecule has 7 nitrogen and oxygen atoms in total. The van der Waals surface area contributed by atoms with E-state index in [1.807, 2.05) is 6.92 Å². The van der Waals surface area contributed by atoms with Crippen LogP contribution in [0.5, 0.6) is 0 Å². The third-order valence-corrected chi connectivity index (χ3v) is 6.63. The number of rotatable bonds is 3. The van der Waals surface area contributed by atoms with E-state index in [9.17, 15) is 22.8 Å². The van der Waals surface area contributed by atoms with Crippen LogP contribution in [-0.4, -0.2) is 34.4 Å². The molecule has 3 heterocycles. The predicted molar refractivity (Wildman–Crippen MR) is 126 cm³/mol. The molecule has 0 unspecified atom stereocenters. The summed E-state index contributed by atoms with van der Waals surface area (Å²) in [6.45, 7) is 5.58. The van der Waals surface area contributed by atoms with Crippen molar-refractivity contribution in [3.05, 3.63) is 52.5 Å². The third kappa shape index (κ3) is 4.74. The van der Waals surface area contributed by atoms with Gasteiger partial charge in [0.05, 0.1) is 27.5 Å². The first kappa shape index (κ1) is 23.7. The van der Waals surface area contributed by atoms with Gasteiger partial charge in [-0.25, -0.2) is 14.8 Å². The molecule has 0 saturated carbocycles. The van der Waals surface area contributed by atoms with Crippen LogP contribution in [0.15, 0.2) is 36.4 Å². The number of aryl methyl sites for hydroxylation is 1. The Labute approximate surface area is 198 Å². The van der Waals surface area contributed by atoms with E-state index in [1.54, 1.807) is 25.1 Å². The Kier molecular flexibility index (Phi) is 6.30. The number of nitrogens with one attached hydrogen (secondary N) is 2. The molecule has 1 aromatic carbocycles. The first-order valence-corrected chi connectivity index (χ1v) is 11.4. The van der Waals surface area contributed by atoms with Gasteiger partial charge in [0.1, 0.15) is 0 Å². The van der Waals surface area contributed by atoms with Crippen LogP contribution in [0.1, 0.15) is 41.2 Å². The highest BCUT2D eigenvalue weighted by Gasteiger charge is 2.32. The largest absolute Gasteiger partial charge is 0.416 e. The van der Waals surface area contributed by atoms with E-state index in [4.69, 9.17) is 0 Å². The fourth-order valence-corrected chi connectivity index (χ4v) is 4.62. The summed E-state index contributed by atoms with van der Waals surface area (Å²) in [6.07, 6.45) is -3.85. The number of alkyl halides is 3. The third-order valence-electron chi connectivity index (χ3n) is 5.46. The molecule has 4 rings (SSSR count). The van der Waals surface area contributed by atoms with Crippen molar-refractivity contribution in [1.82, 2.24) is 9.97 Å². The molecule has 0 fully saturated rings. The summed E-state index contributed by atoms with van der Waals surface area (Å²) in [7, 11) is 0. The molecule has 1 aliphatic heterocycles. The van der Waals surface area contributed by atoms with E-state index in [2.05, 4.69) is 20.6 Å². The second-order valence-electron chi connectivity index (χ2n) is 8.00. The zero-order valence-electron chi connectivity index (χ0n) is 18.7. The lowest BCUT2D eigenvalue weighted by atomic mass is 10.1. The summed E-state index contributed by atoms with van der Waals surface area (Å²) in [5.74, 6) is 0.165. The average Bonchev–Trinajstić information content (AvgIpc) is 3.05. The number of halogens is 3. The lowest BCUT2D eigenvalue weighted by molar-refractivity contribution is -0.137. The number of anilines is 3. The molecule has 34 heavy (non-hydrogen) atoms. The number of aromatic nitrogens is 2. The normalized spacial score (nSPS) is 15.8. The van der Waals surface area contributed by atoms with Gasteiger partial charge in [-0.15, -0.1) is 0 Å². The van der Waals surface area contributed by atoms with E-state index in [0.717, 1.165) is 23.5 Å². The number of hydrogen-bond donors (Lipinski definition) is 2. The number of pyridine rings is 1. The van der Waals surface area contributed by atoms with Gasteiger partial charge in [-0.05, 0) is 44.5 Å². The number of ketones is 1. The predicted octanol–water partition coefficient (Wildman–Crippen LogP) is 5.98. The van der Waals surface area contributed by atoms with Crippen molar-refractivity contribution in [2.75, 3.05) is 22.1 Å². The lowest BCUT2D eigenvalue weighted by Gasteiger charge is -2.27. The van der Waals surface area contributed by atoms with E-state index >= 15 is 0 Å². The first-order chi connectivity index (χ1) is 16.0. The maximum Gasteiger partial charge on any atom is 0.416 e. The first-order valence-electron chi connectivity index (χ1n) is 10.6. The highest BCUT2D eigenvalue weighted by molar-refractivity contribution is 7.17. The van der Waals surface area contributed by atoms with Crippen molar-refractivity contribution < 1.29 is 22.8 Å². The van der Waals surface area contributed by atoms with Crippen molar-refractivity contribution >= 4 is 39.8 Å². The van der Waals surface area contributed by atoms with E-state index in [-0.39, 0.29) is 22.5 Å². The van der Waals surface area contributed by atoms with Gasteiger partial charge in [0.2, 0.25) is 0 Å². The second kappa shape index (κ2) is 9.05. The number of nitrogens with zero attached hydrogens (tertiary/aromatic N) is 3. The highest BCUT2D eigenvalue weighted by Crippen LogP contribution is 2.35. The second-order valence-corrected chi connectivity index (χ2v) is 9.00. The summed E-state index contributed by atoms with van der Waals surface area (Å²) in [4.78, 5) is 35.8. The number of amides is 2. The van der Waals surface area contributed by atoms with Crippen LogP contribution in [0, 0.1) is 6.92 Å². The summed E-state index contributed by atoms with van der Waals surface area (Å²) in [5, 5.41) is 6.25. The molecule has 2 N–H and O–H groups in total. The maximum absolute atomic E-state index is 13.3. The molecule has 0 bridgehead atoms. The smallest absolute Gasteiger partial charge is 0.382 e. The summed E-state index contributed by atoms with van der Waals surface area (Å²) in [6, 6.07) is 7.49. The van der Waals surface area contributed by atoms with Crippen molar-refractivity contribution in [2.24, 2.45) is 0 Å². The van der Waals surface area contributed by atoms with Crippen molar-refractivity contribution in [3.8, 4) is 11.3 Å². The van der Waals surface area contributed by atoms with Gasteiger partial charge in [-0.3, -0.25) is 15.0 Å². The Balaban J connectivity index is 1.71. The number of thiazole rings is 1. The van der Waals surface area contributed by atoms with E-state index < -0.39 is 17.8 Å². The lowest BCUT2D eigenvalue weighted by Crippen LogP contribution is -2.42. The van der Waals surface area contributed by atoms with Crippen molar-refractivity contribution in [3.63, 3.8) is 0 Å². The molecular formula is C23H22F3N5O2S. The average molecular weight is 490 g/mol. The van der Waals surface area contributed by atoms with E-state index in [0.29, 0.717) is 40.7 Å². The van der Waals surface area contributed by atoms with Crippen LogP contribution in [0.2, 0.25) is 0 Å². The molecule has 0 spiro atoms. The number of hydrogen-bond acceptors (Lipinski definition) is 6. The molecule has 1 atom stereocenters. The van der Waals surface area contributed by atoms with Gasteiger partial charge >= 0.3 is 12.2 Å². The zero-order chi connectivity index (χ0) is 24.6. The Morgan fingerprint density at radius 1 is 1.21 bits per heavy atom. The van der Waals surface area contributed by atoms with Gasteiger partial charge in [-0.1, -0.05) is 23.5 Å². The molecule has 0 radical (unpaired) electrons. The van der Waals surface area contributed by atoms with Gasteiger partial charge < -0.3 is 5.32 Å². The van der Waals surface area contributed by atoms with Crippen LogP contribution in [0.3, 0.4) is 0 Å². The van der Waals surface area contributed by atoms with Crippen molar-refractivity contribution in [2.45, 2.75) is 39.4 Å². The number of fused-ring (bicyclic) bond motifs is 1. The number of benzene rings is 1. The molecular weight excluding hydrogens is 467 g/mol. The minimum atomic E-state index is -4.48. The number of carbonyl (C=O) groups excluding carboxylic acids is 2. The SMILES string of the molecule is CC(=O)c1sc(NC(=O)N2c3nc(-c4cccc(C(F)(F)F)c4)ccc3NCC[C@H]2C)nc1C. The molecule has 0 aliphatic carbocycles. The topological polar surface area (TPSA) is 87.2 Å². The summed E-state index contributed by atoms with van der Waals surface area (Å²) >= 11 is 1.09. The molecule has 3 aromatic rings. The minimum absolute atomic E-state index is 0.138. The van der Waals surface area contributed by atoms with Crippen LogP contribution in [0.4, 0.5) is 34.6 Å². The monoisotopic (exact) mass is 489 g/mol. The van der Waals surface area contributed by atoms with Crippen LogP contribution in [-0.2, 0) is 6.18 Å². The van der Waals surface area contributed by atoms with Gasteiger partial charge in [-0.2, -0.15) is 13.2 Å². The fraction of sp³-hybridized carbons (Fsp3) is 0.304. The summed E-state index contributed by atoms with van der Waals surface area (Å²) in [5.41, 5.74) is 0.945.